The molecule has 0 fully saturated rings. The van der Waals surface area contributed by atoms with Crippen LogP contribution in [0.2, 0.25) is 0 Å². The first-order chi connectivity index (χ1) is 12.4. The minimum absolute atomic E-state index is 0.129. The zero-order valence-electron chi connectivity index (χ0n) is 15.9. The Morgan fingerprint density at radius 3 is 2.50 bits per heavy atom. The molecule has 0 saturated carbocycles. The normalized spacial score (nSPS) is 12.0. The summed E-state index contributed by atoms with van der Waals surface area (Å²) in [7, 11) is 0. The van der Waals surface area contributed by atoms with Crippen LogP contribution in [-0.2, 0) is 0 Å². The van der Waals surface area contributed by atoms with Gasteiger partial charge in [0.15, 0.2) is 5.78 Å². The number of imidazole rings is 1. The summed E-state index contributed by atoms with van der Waals surface area (Å²) in [5.41, 5.74) is 6.04. The highest BCUT2D eigenvalue weighted by molar-refractivity contribution is 7.15. The number of aryl methyl sites for hydroxylation is 2. The van der Waals surface area contributed by atoms with E-state index in [0.29, 0.717) is 5.92 Å². The highest BCUT2D eigenvalue weighted by Crippen LogP contribution is 2.33. The van der Waals surface area contributed by atoms with E-state index < -0.39 is 0 Å². The van der Waals surface area contributed by atoms with Gasteiger partial charge in [-0.2, -0.15) is 0 Å². The number of hydrogen-bond acceptors (Lipinski definition) is 3. The van der Waals surface area contributed by atoms with Crippen LogP contribution in [-0.4, -0.2) is 15.3 Å². The summed E-state index contributed by atoms with van der Waals surface area (Å²) >= 11 is 1.58. The number of thiophene rings is 1. The minimum Gasteiger partial charge on any atom is -0.306 e. The third kappa shape index (κ3) is 3.70. The molecule has 0 atom stereocenters. The summed E-state index contributed by atoms with van der Waals surface area (Å²) in [6.07, 6.45) is 7.79. The Hall–Kier alpha value is -2.46. The van der Waals surface area contributed by atoms with Crippen LogP contribution < -0.4 is 0 Å². The summed E-state index contributed by atoms with van der Waals surface area (Å²) in [6.45, 7) is 10.3. The zero-order valence-corrected chi connectivity index (χ0v) is 16.7. The summed E-state index contributed by atoms with van der Waals surface area (Å²) < 4.78 is 2.01. The average molecular weight is 365 g/mol. The van der Waals surface area contributed by atoms with E-state index in [0.717, 1.165) is 21.0 Å². The fourth-order valence-electron chi connectivity index (χ4n) is 3.05. The van der Waals surface area contributed by atoms with E-state index >= 15 is 0 Å². The van der Waals surface area contributed by atoms with E-state index in [1.54, 1.807) is 24.5 Å². The highest BCUT2D eigenvalue weighted by Gasteiger charge is 2.13. The number of hydrogen-bond donors (Lipinski definition) is 0. The molecule has 0 saturated heterocycles. The third-order valence-electron chi connectivity index (χ3n) is 4.54. The number of carbonyl (C=O) groups is 1. The summed E-state index contributed by atoms with van der Waals surface area (Å²) in [5.74, 6) is 0.514. The van der Waals surface area contributed by atoms with Crippen molar-refractivity contribution < 1.29 is 4.79 Å². The van der Waals surface area contributed by atoms with Gasteiger partial charge in [-0.05, 0) is 73.2 Å². The van der Waals surface area contributed by atoms with E-state index in [-0.39, 0.29) is 5.78 Å². The monoisotopic (exact) mass is 364 g/mol. The first-order valence-electron chi connectivity index (χ1n) is 8.79. The Balaban J connectivity index is 2.05. The van der Waals surface area contributed by atoms with Crippen molar-refractivity contribution in [2.75, 3.05) is 0 Å². The van der Waals surface area contributed by atoms with Crippen LogP contribution in [0.4, 0.5) is 0 Å². The lowest BCUT2D eigenvalue weighted by Gasteiger charge is -2.16. The van der Waals surface area contributed by atoms with Gasteiger partial charge in [0.1, 0.15) is 0 Å². The van der Waals surface area contributed by atoms with Crippen LogP contribution >= 0.6 is 11.3 Å². The van der Waals surface area contributed by atoms with Crippen LogP contribution in [0, 0.1) is 19.8 Å². The SMILES string of the molecule is CC(=O)c1cc(C)c(/C=C(/c2ccc(-n3ccnc3)cc2C)C(C)C)s1. The maximum atomic E-state index is 11.7. The van der Waals surface area contributed by atoms with Crippen molar-refractivity contribution in [3.8, 4) is 5.69 Å². The summed E-state index contributed by atoms with van der Waals surface area (Å²) in [6, 6.07) is 8.50. The van der Waals surface area contributed by atoms with Gasteiger partial charge >= 0.3 is 0 Å². The molecule has 0 spiro atoms. The molecule has 1 aromatic carbocycles. The second kappa shape index (κ2) is 7.42. The number of benzene rings is 1. The highest BCUT2D eigenvalue weighted by atomic mass is 32.1. The Morgan fingerprint density at radius 1 is 1.19 bits per heavy atom. The first kappa shape index (κ1) is 18.3. The van der Waals surface area contributed by atoms with Gasteiger partial charge in [-0.3, -0.25) is 4.79 Å². The molecular formula is C22H24N2OS. The molecule has 26 heavy (non-hydrogen) atoms. The maximum absolute atomic E-state index is 11.7. The van der Waals surface area contributed by atoms with Crippen LogP contribution in [0.25, 0.3) is 17.3 Å². The van der Waals surface area contributed by atoms with Crippen molar-refractivity contribution in [2.24, 2.45) is 5.92 Å². The molecule has 0 radical (unpaired) electrons. The Morgan fingerprint density at radius 2 is 1.96 bits per heavy atom. The topological polar surface area (TPSA) is 34.9 Å². The van der Waals surface area contributed by atoms with Crippen LogP contribution in [0.1, 0.15) is 52.0 Å². The molecule has 0 aliphatic carbocycles. The van der Waals surface area contributed by atoms with Gasteiger partial charge in [-0.1, -0.05) is 19.9 Å². The van der Waals surface area contributed by atoms with E-state index in [1.807, 2.05) is 23.2 Å². The second-order valence-electron chi connectivity index (χ2n) is 6.94. The average Bonchev–Trinajstić information content (AvgIpc) is 3.23. The molecule has 0 bridgehead atoms. The van der Waals surface area contributed by atoms with Crippen molar-refractivity contribution in [1.29, 1.82) is 0 Å². The number of Topliss-reactive ketones (excluding diaryl/α,β-unsaturated/α-hetero) is 1. The molecular weight excluding hydrogens is 340 g/mol. The molecule has 2 aromatic heterocycles. The number of rotatable bonds is 5. The second-order valence-corrected chi connectivity index (χ2v) is 8.02. The number of aromatic nitrogens is 2. The summed E-state index contributed by atoms with van der Waals surface area (Å²) in [4.78, 5) is 17.8. The van der Waals surface area contributed by atoms with Gasteiger partial charge in [0.25, 0.3) is 0 Å². The molecule has 3 rings (SSSR count). The van der Waals surface area contributed by atoms with Gasteiger partial charge in [0, 0.05) is 23.0 Å². The molecule has 0 amide bonds. The minimum atomic E-state index is 0.129. The first-order valence-corrected chi connectivity index (χ1v) is 9.60. The van der Waals surface area contributed by atoms with Gasteiger partial charge in [-0.15, -0.1) is 11.3 Å². The van der Waals surface area contributed by atoms with Crippen LogP contribution in [0.5, 0.6) is 0 Å². The Bertz CT molecular complexity index is 962. The molecule has 0 aliphatic rings. The predicted octanol–water partition coefficient (Wildman–Crippen LogP) is 5.95. The Labute approximate surface area is 159 Å². The molecule has 4 heteroatoms. The Kier molecular flexibility index (Phi) is 5.23. The van der Waals surface area contributed by atoms with Crippen molar-refractivity contribution in [3.05, 3.63) is 69.4 Å². The standard InChI is InChI=1S/C22H24N2OS/c1-14(2)20(12-21-16(4)11-22(26-21)17(5)25)19-7-6-18(10-15(19)3)24-9-8-23-13-24/h6-14H,1-5H3/b20-12+. The molecule has 3 aromatic rings. The van der Waals surface area contributed by atoms with E-state index in [1.165, 1.54) is 16.7 Å². The van der Waals surface area contributed by atoms with Crippen molar-refractivity contribution in [2.45, 2.75) is 34.6 Å². The predicted molar refractivity (Wildman–Crippen MR) is 110 cm³/mol. The molecule has 2 heterocycles. The van der Waals surface area contributed by atoms with Gasteiger partial charge in [0.2, 0.25) is 0 Å². The smallest absolute Gasteiger partial charge is 0.169 e. The fourth-order valence-corrected chi connectivity index (χ4v) is 4.08. The van der Waals surface area contributed by atoms with Crippen molar-refractivity contribution in [1.82, 2.24) is 9.55 Å². The number of carbonyl (C=O) groups excluding carboxylic acids is 1. The summed E-state index contributed by atoms with van der Waals surface area (Å²) in [5, 5.41) is 0. The van der Waals surface area contributed by atoms with Crippen LogP contribution in [0.3, 0.4) is 0 Å². The molecule has 0 aliphatic heterocycles. The van der Waals surface area contributed by atoms with Gasteiger partial charge in [-0.25, -0.2) is 4.98 Å². The fraction of sp³-hybridized carbons (Fsp3) is 0.273. The zero-order chi connectivity index (χ0) is 18.8. The van der Waals surface area contributed by atoms with E-state index in [9.17, 15) is 4.79 Å². The lowest BCUT2D eigenvalue weighted by Crippen LogP contribution is -1.99. The number of nitrogens with zero attached hydrogens (tertiary/aromatic N) is 2. The molecule has 0 N–H and O–H groups in total. The lowest BCUT2D eigenvalue weighted by atomic mass is 9.91. The number of allylic oxidation sites excluding steroid dienone is 1. The van der Waals surface area contributed by atoms with E-state index in [2.05, 4.69) is 57.0 Å². The molecule has 3 nitrogen and oxygen atoms in total. The lowest BCUT2D eigenvalue weighted by molar-refractivity contribution is 0.102. The van der Waals surface area contributed by atoms with E-state index in [4.69, 9.17) is 0 Å². The largest absolute Gasteiger partial charge is 0.306 e. The maximum Gasteiger partial charge on any atom is 0.169 e. The quantitative estimate of drug-likeness (QED) is 0.524. The van der Waals surface area contributed by atoms with Crippen molar-refractivity contribution >= 4 is 28.8 Å². The van der Waals surface area contributed by atoms with Gasteiger partial charge < -0.3 is 4.57 Å². The molecule has 0 unspecified atom stereocenters. The third-order valence-corrected chi connectivity index (χ3v) is 5.82. The number of ketones is 1. The molecule has 134 valence electrons. The van der Waals surface area contributed by atoms with Crippen molar-refractivity contribution in [3.63, 3.8) is 0 Å². The van der Waals surface area contributed by atoms with Crippen LogP contribution in [0.15, 0.2) is 43.0 Å². The van der Waals surface area contributed by atoms with Gasteiger partial charge in [0.05, 0.1) is 11.2 Å².